The Balaban J connectivity index is 2.18. The van der Waals surface area contributed by atoms with Crippen molar-refractivity contribution in [1.82, 2.24) is 0 Å². The van der Waals surface area contributed by atoms with Crippen LogP contribution in [0, 0.1) is 5.92 Å². The van der Waals surface area contributed by atoms with E-state index in [0.29, 0.717) is 5.92 Å². The summed E-state index contributed by atoms with van der Waals surface area (Å²) in [4.78, 5) is 0. The first-order valence-electron chi connectivity index (χ1n) is 4.99. The normalized spacial score (nSPS) is 19.0. The highest BCUT2D eigenvalue weighted by atomic mass is 79.9. The molecule has 1 aromatic carbocycles. The second-order valence-electron chi connectivity index (χ2n) is 4.00. The van der Waals surface area contributed by atoms with E-state index in [1.165, 1.54) is 19.3 Å². The average Bonchev–Trinajstić information content (AvgIpc) is 2.06. The Morgan fingerprint density at radius 3 is 2.57 bits per heavy atom. The lowest BCUT2D eigenvalue weighted by molar-refractivity contribution is 0.264. The van der Waals surface area contributed by atoms with Crippen LogP contribution in [0.5, 0.6) is 0 Å². The zero-order valence-electron chi connectivity index (χ0n) is 8.04. The number of benzene rings is 1. The van der Waals surface area contributed by atoms with Gasteiger partial charge in [0.2, 0.25) is 0 Å². The van der Waals surface area contributed by atoms with Crippen LogP contribution in [0.2, 0.25) is 0 Å². The topological polar surface area (TPSA) is 52.0 Å². The van der Waals surface area contributed by atoms with Gasteiger partial charge < -0.3 is 11.5 Å². The molecule has 0 aliphatic heterocycles. The predicted octanol–water partition coefficient (Wildman–Crippen LogP) is 2.83. The fourth-order valence-corrected chi connectivity index (χ4v) is 2.09. The summed E-state index contributed by atoms with van der Waals surface area (Å²) in [5.74, 6) is 0.663. The second-order valence-corrected chi connectivity index (χ2v) is 4.85. The molecule has 3 heteroatoms. The van der Waals surface area contributed by atoms with Crippen molar-refractivity contribution >= 4 is 21.6 Å². The smallest absolute Gasteiger partial charge is 0.0461 e. The fourth-order valence-electron chi connectivity index (χ4n) is 1.84. The van der Waals surface area contributed by atoms with E-state index in [2.05, 4.69) is 22.0 Å². The van der Waals surface area contributed by atoms with Gasteiger partial charge in [-0.1, -0.05) is 12.5 Å². The van der Waals surface area contributed by atoms with E-state index in [-0.39, 0.29) is 6.04 Å². The molecule has 1 saturated carbocycles. The van der Waals surface area contributed by atoms with Crippen LogP contribution in [0.25, 0.3) is 0 Å². The highest BCUT2D eigenvalue weighted by Gasteiger charge is 2.25. The number of hydrogen-bond donors (Lipinski definition) is 2. The van der Waals surface area contributed by atoms with Gasteiger partial charge in [0, 0.05) is 16.2 Å². The maximum Gasteiger partial charge on any atom is 0.0461 e. The van der Waals surface area contributed by atoms with E-state index >= 15 is 0 Å². The van der Waals surface area contributed by atoms with Crippen LogP contribution in [-0.4, -0.2) is 0 Å². The Kier molecular flexibility index (Phi) is 2.79. The number of nitrogens with two attached hydrogens (primary N) is 2. The van der Waals surface area contributed by atoms with Crippen LogP contribution in [0.15, 0.2) is 22.7 Å². The Morgan fingerprint density at radius 2 is 2.07 bits per heavy atom. The molecular formula is C11H15BrN2. The first kappa shape index (κ1) is 9.99. The summed E-state index contributed by atoms with van der Waals surface area (Å²) in [5, 5.41) is 0. The first-order valence-corrected chi connectivity index (χ1v) is 5.78. The lowest BCUT2D eigenvalue weighted by Gasteiger charge is -2.31. The van der Waals surface area contributed by atoms with Gasteiger partial charge in [0.1, 0.15) is 0 Å². The van der Waals surface area contributed by atoms with Crippen molar-refractivity contribution in [3.05, 3.63) is 28.2 Å². The summed E-state index contributed by atoms with van der Waals surface area (Å²) >= 11 is 3.38. The highest BCUT2D eigenvalue weighted by molar-refractivity contribution is 9.10. The Labute approximate surface area is 92.8 Å². The van der Waals surface area contributed by atoms with E-state index in [1.54, 1.807) is 0 Å². The van der Waals surface area contributed by atoms with Crippen LogP contribution in [-0.2, 0) is 0 Å². The van der Waals surface area contributed by atoms with Gasteiger partial charge in [0.25, 0.3) is 0 Å². The van der Waals surface area contributed by atoms with Crippen molar-refractivity contribution in [2.24, 2.45) is 11.7 Å². The molecule has 2 nitrogen and oxygen atoms in total. The van der Waals surface area contributed by atoms with Gasteiger partial charge in [-0.2, -0.15) is 0 Å². The Morgan fingerprint density at radius 1 is 1.36 bits per heavy atom. The van der Waals surface area contributed by atoms with Crippen molar-refractivity contribution in [2.45, 2.75) is 25.3 Å². The van der Waals surface area contributed by atoms with E-state index in [1.807, 2.05) is 12.1 Å². The molecule has 0 aromatic heterocycles. The van der Waals surface area contributed by atoms with Crippen molar-refractivity contribution in [2.75, 3.05) is 5.73 Å². The van der Waals surface area contributed by atoms with Crippen molar-refractivity contribution in [3.8, 4) is 0 Å². The molecule has 1 aromatic rings. The maximum atomic E-state index is 6.15. The largest absolute Gasteiger partial charge is 0.398 e. The molecular weight excluding hydrogens is 240 g/mol. The van der Waals surface area contributed by atoms with E-state index in [4.69, 9.17) is 11.5 Å². The SMILES string of the molecule is Nc1cc([C@@H](N)C2CCC2)ccc1Br. The van der Waals surface area contributed by atoms with Gasteiger partial charge in [-0.05, 0) is 52.4 Å². The second kappa shape index (κ2) is 3.91. The monoisotopic (exact) mass is 254 g/mol. The molecule has 1 fully saturated rings. The lowest BCUT2D eigenvalue weighted by atomic mass is 9.77. The molecule has 1 aliphatic rings. The van der Waals surface area contributed by atoms with Crippen LogP contribution in [0.3, 0.4) is 0 Å². The fraction of sp³-hybridized carbons (Fsp3) is 0.455. The molecule has 0 amide bonds. The number of halogens is 1. The van der Waals surface area contributed by atoms with Crippen molar-refractivity contribution < 1.29 is 0 Å². The molecule has 4 N–H and O–H groups in total. The summed E-state index contributed by atoms with van der Waals surface area (Å²) in [6, 6.07) is 6.18. The van der Waals surface area contributed by atoms with Gasteiger partial charge in [0.05, 0.1) is 0 Å². The average molecular weight is 255 g/mol. The van der Waals surface area contributed by atoms with Crippen LogP contribution in [0.1, 0.15) is 30.9 Å². The van der Waals surface area contributed by atoms with E-state index < -0.39 is 0 Å². The minimum atomic E-state index is 0.166. The lowest BCUT2D eigenvalue weighted by Crippen LogP contribution is -2.26. The third kappa shape index (κ3) is 1.79. The number of hydrogen-bond acceptors (Lipinski definition) is 2. The predicted molar refractivity (Wildman–Crippen MR) is 62.8 cm³/mol. The molecule has 0 radical (unpaired) electrons. The number of nitrogen functional groups attached to an aromatic ring is 1. The molecule has 0 spiro atoms. The van der Waals surface area contributed by atoms with Gasteiger partial charge >= 0.3 is 0 Å². The minimum absolute atomic E-state index is 0.166. The van der Waals surface area contributed by atoms with E-state index in [9.17, 15) is 0 Å². The molecule has 1 atom stereocenters. The number of anilines is 1. The van der Waals surface area contributed by atoms with Crippen LogP contribution >= 0.6 is 15.9 Å². The molecule has 0 saturated heterocycles. The zero-order chi connectivity index (χ0) is 10.1. The minimum Gasteiger partial charge on any atom is -0.398 e. The van der Waals surface area contributed by atoms with Crippen molar-refractivity contribution in [1.29, 1.82) is 0 Å². The molecule has 0 bridgehead atoms. The molecule has 14 heavy (non-hydrogen) atoms. The molecule has 0 heterocycles. The summed E-state index contributed by atoms with van der Waals surface area (Å²) in [5.41, 5.74) is 13.9. The highest BCUT2D eigenvalue weighted by Crippen LogP contribution is 2.37. The summed E-state index contributed by atoms with van der Waals surface area (Å²) in [6.45, 7) is 0. The standard InChI is InChI=1S/C11H15BrN2/c12-9-5-4-8(6-10(9)13)11(14)7-2-1-3-7/h4-7,11H,1-3,13-14H2/t11-/m0/s1. The zero-order valence-corrected chi connectivity index (χ0v) is 9.63. The summed E-state index contributed by atoms with van der Waals surface area (Å²) < 4.78 is 0.946. The van der Waals surface area contributed by atoms with Gasteiger partial charge in [0.15, 0.2) is 0 Å². The first-order chi connectivity index (χ1) is 6.68. The summed E-state index contributed by atoms with van der Waals surface area (Å²) in [7, 11) is 0. The van der Waals surface area contributed by atoms with Crippen molar-refractivity contribution in [3.63, 3.8) is 0 Å². The number of rotatable bonds is 2. The van der Waals surface area contributed by atoms with Gasteiger partial charge in [-0.3, -0.25) is 0 Å². The summed E-state index contributed by atoms with van der Waals surface area (Å²) in [6.07, 6.45) is 3.85. The quantitative estimate of drug-likeness (QED) is 0.798. The third-order valence-electron chi connectivity index (χ3n) is 3.06. The van der Waals surface area contributed by atoms with Gasteiger partial charge in [-0.15, -0.1) is 0 Å². The van der Waals surface area contributed by atoms with Gasteiger partial charge in [-0.25, -0.2) is 0 Å². The maximum absolute atomic E-state index is 6.15. The Hall–Kier alpha value is -0.540. The third-order valence-corrected chi connectivity index (χ3v) is 3.78. The van der Waals surface area contributed by atoms with Crippen LogP contribution < -0.4 is 11.5 Å². The Bertz CT molecular complexity index is 334. The molecule has 76 valence electrons. The molecule has 0 unspecified atom stereocenters. The molecule has 1 aliphatic carbocycles. The van der Waals surface area contributed by atoms with E-state index in [0.717, 1.165) is 15.7 Å². The van der Waals surface area contributed by atoms with Crippen LogP contribution in [0.4, 0.5) is 5.69 Å². The molecule has 2 rings (SSSR count).